The lowest BCUT2D eigenvalue weighted by atomic mass is 9.85. The number of halogens is 1. The Kier molecular flexibility index (Phi) is 5.70. The summed E-state index contributed by atoms with van der Waals surface area (Å²) in [6.07, 6.45) is 3.98. The van der Waals surface area contributed by atoms with Gasteiger partial charge in [-0.1, -0.05) is 18.0 Å². The molecule has 1 aromatic rings. The van der Waals surface area contributed by atoms with Crippen molar-refractivity contribution in [2.75, 3.05) is 20.3 Å². The molecule has 6 heteroatoms. The third-order valence-electron chi connectivity index (χ3n) is 3.63. The Morgan fingerprint density at radius 2 is 2.24 bits per heavy atom. The zero-order valence-electron chi connectivity index (χ0n) is 12.2. The van der Waals surface area contributed by atoms with Gasteiger partial charge in [0.1, 0.15) is 0 Å². The molecular weight excluding hydrogens is 292 g/mol. The van der Waals surface area contributed by atoms with Gasteiger partial charge in [0.15, 0.2) is 18.1 Å². The Labute approximate surface area is 129 Å². The third kappa shape index (κ3) is 4.51. The zero-order valence-corrected chi connectivity index (χ0v) is 12.9. The molecule has 1 aliphatic rings. The Balaban J connectivity index is 1.98. The lowest BCUT2D eigenvalue weighted by Gasteiger charge is -2.25. The van der Waals surface area contributed by atoms with Crippen molar-refractivity contribution in [2.45, 2.75) is 25.8 Å². The van der Waals surface area contributed by atoms with Gasteiger partial charge in [-0.3, -0.25) is 4.79 Å². The number of ether oxygens (including phenoxy) is 2. The van der Waals surface area contributed by atoms with Crippen LogP contribution in [0.5, 0.6) is 11.5 Å². The van der Waals surface area contributed by atoms with Crippen LogP contribution in [0.25, 0.3) is 0 Å². The summed E-state index contributed by atoms with van der Waals surface area (Å²) in [6, 6.07) is 3.67. The number of primary amides is 1. The van der Waals surface area contributed by atoms with Crippen LogP contribution < -0.4 is 20.5 Å². The van der Waals surface area contributed by atoms with Crippen molar-refractivity contribution in [3.8, 4) is 11.5 Å². The van der Waals surface area contributed by atoms with Gasteiger partial charge in [-0.2, -0.15) is 0 Å². The predicted molar refractivity (Wildman–Crippen MR) is 81.7 cm³/mol. The van der Waals surface area contributed by atoms with E-state index in [4.69, 9.17) is 26.8 Å². The lowest BCUT2D eigenvalue weighted by Crippen LogP contribution is -2.26. The molecule has 0 saturated heterocycles. The van der Waals surface area contributed by atoms with Gasteiger partial charge in [-0.05, 0) is 43.0 Å². The molecule has 21 heavy (non-hydrogen) atoms. The largest absolute Gasteiger partial charge is 0.493 e. The summed E-state index contributed by atoms with van der Waals surface area (Å²) in [6.45, 7) is 1.53. The van der Waals surface area contributed by atoms with Crippen LogP contribution in [-0.4, -0.2) is 26.2 Å². The maximum atomic E-state index is 10.8. The van der Waals surface area contributed by atoms with E-state index in [0.717, 1.165) is 24.6 Å². The average Bonchev–Trinajstić information content (AvgIpc) is 2.39. The summed E-state index contributed by atoms with van der Waals surface area (Å²) >= 11 is 6.19. The molecule has 0 unspecified atom stereocenters. The number of carbonyl (C=O) groups is 1. The van der Waals surface area contributed by atoms with Crippen LogP contribution in [0.4, 0.5) is 0 Å². The summed E-state index contributed by atoms with van der Waals surface area (Å²) in [5.74, 6) is 1.10. The van der Waals surface area contributed by atoms with Gasteiger partial charge in [0, 0.05) is 6.54 Å². The molecule has 1 saturated carbocycles. The van der Waals surface area contributed by atoms with E-state index in [9.17, 15) is 4.79 Å². The maximum absolute atomic E-state index is 10.8. The minimum absolute atomic E-state index is 0.227. The molecular formula is C15H21ClN2O3. The number of nitrogens with one attached hydrogen (secondary N) is 1. The third-order valence-corrected chi connectivity index (χ3v) is 3.92. The van der Waals surface area contributed by atoms with Gasteiger partial charge in [0.05, 0.1) is 12.1 Å². The van der Waals surface area contributed by atoms with E-state index in [2.05, 4.69) is 5.32 Å². The highest BCUT2D eigenvalue weighted by molar-refractivity contribution is 6.32. The van der Waals surface area contributed by atoms with E-state index >= 15 is 0 Å². The number of carbonyl (C=O) groups excluding carboxylic acids is 1. The zero-order chi connectivity index (χ0) is 15.2. The monoisotopic (exact) mass is 312 g/mol. The number of hydrogen-bond acceptors (Lipinski definition) is 4. The number of nitrogens with two attached hydrogens (primary N) is 1. The molecule has 1 aromatic carbocycles. The first-order chi connectivity index (χ1) is 10.1. The number of benzene rings is 1. The molecule has 0 bridgehead atoms. The van der Waals surface area contributed by atoms with Crippen molar-refractivity contribution in [2.24, 2.45) is 11.7 Å². The van der Waals surface area contributed by atoms with Crippen molar-refractivity contribution in [1.29, 1.82) is 0 Å². The normalized spacial score (nSPS) is 14.6. The highest BCUT2D eigenvalue weighted by Gasteiger charge is 2.17. The van der Waals surface area contributed by atoms with Crippen LogP contribution >= 0.6 is 11.6 Å². The summed E-state index contributed by atoms with van der Waals surface area (Å²) in [7, 11) is 1.54. The molecule has 1 amide bonds. The Bertz CT molecular complexity index is 504. The summed E-state index contributed by atoms with van der Waals surface area (Å²) in [4.78, 5) is 10.8. The lowest BCUT2D eigenvalue weighted by molar-refractivity contribution is -0.119. The first-order valence-electron chi connectivity index (χ1n) is 7.08. The second-order valence-electron chi connectivity index (χ2n) is 5.29. The maximum Gasteiger partial charge on any atom is 0.255 e. The first kappa shape index (κ1) is 15.9. The molecule has 0 spiro atoms. The standard InChI is InChI=1S/C15H21ClN2O3/c1-20-13-6-11(8-18-7-10-3-2-4-10)5-12(16)15(13)21-9-14(17)19/h5-6,10,18H,2-4,7-9H2,1H3,(H2,17,19). The summed E-state index contributed by atoms with van der Waals surface area (Å²) < 4.78 is 10.6. The van der Waals surface area contributed by atoms with E-state index in [1.54, 1.807) is 0 Å². The molecule has 116 valence electrons. The van der Waals surface area contributed by atoms with Crippen LogP contribution in [0.15, 0.2) is 12.1 Å². The second-order valence-corrected chi connectivity index (χ2v) is 5.70. The number of methoxy groups -OCH3 is 1. The van der Waals surface area contributed by atoms with Crippen LogP contribution in [0.2, 0.25) is 5.02 Å². The molecule has 0 atom stereocenters. The van der Waals surface area contributed by atoms with Crippen LogP contribution in [0.3, 0.4) is 0 Å². The van der Waals surface area contributed by atoms with Gasteiger partial charge in [-0.25, -0.2) is 0 Å². The fraction of sp³-hybridized carbons (Fsp3) is 0.533. The highest BCUT2D eigenvalue weighted by atomic mass is 35.5. The highest BCUT2D eigenvalue weighted by Crippen LogP contribution is 2.36. The van der Waals surface area contributed by atoms with E-state index in [-0.39, 0.29) is 6.61 Å². The van der Waals surface area contributed by atoms with Gasteiger partial charge in [0.2, 0.25) is 0 Å². The van der Waals surface area contributed by atoms with Crippen LogP contribution in [-0.2, 0) is 11.3 Å². The molecule has 0 aromatic heterocycles. The quantitative estimate of drug-likeness (QED) is 0.771. The van der Waals surface area contributed by atoms with Gasteiger partial charge >= 0.3 is 0 Å². The Morgan fingerprint density at radius 3 is 2.81 bits per heavy atom. The molecule has 2 rings (SSSR count). The smallest absolute Gasteiger partial charge is 0.255 e. The van der Waals surface area contributed by atoms with Gasteiger partial charge < -0.3 is 20.5 Å². The molecule has 1 aliphatic carbocycles. The number of rotatable bonds is 8. The number of amides is 1. The molecule has 5 nitrogen and oxygen atoms in total. The Morgan fingerprint density at radius 1 is 1.48 bits per heavy atom. The van der Waals surface area contributed by atoms with Crippen molar-refractivity contribution < 1.29 is 14.3 Å². The van der Waals surface area contributed by atoms with Gasteiger partial charge in [0.25, 0.3) is 5.91 Å². The fourth-order valence-electron chi connectivity index (χ4n) is 2.28. The molecule has 0 aliphatic heterocycles. The fourth-order valence-corrected chi connectivity index (χ4v) is 2.56. The first-order valence-corrected chi connectivity index (χ1v) is 7.46. The van der Waals surface area contributed by atoms with Crippen LogP contribution in [0, 0.1) is 5.92 Å². The second kappa shape index (κ2) is 7.52. The molecule has 0 radical (unpaired) electrons. The minimum Gasteiger partial charge on any atom is -0.493 e. The van der Waals surface area contributed by atoms with E-state index in [0.29, 0.717) is 16.5 Å². The predicted octanol–water partition coefficient (Wildman–Crippen LogP) is 2.10. The average molecular weight is 313 g/mol. The van der Waals surface area contributed by atoms with E-state index in [1.165, 1.54) is 26.4 Å². The minimum atomic E-state index is -0.556. The SMILES string of the molecule is COc1cc(CNCC2CCC2)cc(Cl)c1OCC(N)=O. The topological polar surface area (TPSA) is 73.6 Å². The number of hydrogen-bond donors (Lipinski definition) is 2. The van der Waals surface area contributed by atoms with E-state index in [1.807, 2.05) is 12.1 Å². The summed E-state index contributed by atoms with van der Waals surface area (Å²) in [5.41, 5.74) is 6.08. The molecule has 1 fully saturated rings. The molecule has 0 heterocycles. The molecule has 3 N–H and O–H groups in total. The van der Waals surface area contributed by atoms with Crippen molar-refractivity contribution in [3.05, 3.63) is 22.7 Å². The van der Waals surface area contributed by atoms with Gasteiger partial charge in [-0.15, -0.1) is 0 Å². The van der Waals surface area contributed by atoms with E-state index < -0.39 is 5.91 Å². The van der Waals surface area contributed by atoms with Crippen molar-refractivity contribution in [1.82, 2.24) is 5.32 Å². The van der Waals surface area contributed by atoms with Crippen molar-refractivity contribution in [3.63, 3.8) is 0 Å². The van der Waals surface area contributed by atoms with Crippen molar-refractivity contribution >= 4 is 17.5 Å². The Hall–Kier alpha value is -1.46. The van der Waals surface area contributed by atoms with Crippen LogP contribution in [0.1, 0.15) is 24.8 Å². The summed E-state index contributed by atoms with van der Waals surface area (Å²) in [5, 5.41) is 3.84.